The van der Waals surface area contributed by atoms with Crippen molar-refractivity contribution < 1.29 is 14.4 Å². The van der Waals surface area contributed by atoms with Crippen LogP contribution in [0.2, 0.25) is 0 Å². The molecule has 1 aromatic carbocycles. The van der Waals surface area contributed by atoms with Gasteiger partial charge in [0.1, 0.15) is 5.58 Å². The molecule has 2 rings (SSSR count). The average Bonchev–Trinajstić information content (AvgIpc) is 2.26. The first-order valence-corrected chi connectivity index (χ1v) is 5.77. The fraction of sp³-hybridized carbons (Fsp3) is 0.308. The molecular weight excluding hydrogens is 250 g/mol. The lowest BCUT2D eigenvalue weighted by Crippen LogP contribution is -2.07. The fourth-order valence-corrected chi connectivity index (χ4v) is 2.02. The lowest BCUT2D eigenvalue weighted by atomic mass is 9.98. The molecule has 0 aliphatic carbocycles. The minimum atomic E-state index is -1.14. The summed E-state index contributed by atoms with van der Waals surface area (Å²) in [5.74, 6) is -0.421. The normalized spacial score (nSPS) is 11.2. The standard InChI is InChI=1S/C13H13NO5/c1-6(2)8-4-7(3)10-9(5-8)19-13(16)11(12(10)15)14(17)18/h4-6,15H,1-3H3. The highest BCUT2D eigenvalue weighted by Gasteiger charge is 2.25. The van der Waals surface area contributed by atoms with Gasteiger partial charge in [-0.1, -0.05) is 19.9 Å². The van der Waals surface area contributed by atoms with Gasteiger partial charge in [0.25, 0.3) is 0 Å². The van der Waals surface area contributed by atoms with E-state index < -0.39 is 22.0 Å². The smallest absolute Gasteiger partial charge is 0.419 e. The third kappa shape index (κ3) is 2.05. The van der Waals surface area contributed by atoms with Crippen LogP contribution in [0.5, 0.6) is 5.75 Å². The second kappa shape index (κ2) is 4.38. The van der Waals surface area contributed by atoms with Gasteiger partial charge in [-0.05, 0) is 30.0 Å². The van der Waals surface area contributed by atoms with E-state index in [4.69, 9.17) is 4.42 Å². The molecule has 1 aromatic heterocycles. The molecule has 0 fully saturated rings. The molecule has 0 atom stereocenters. The van der Waals surface area contributed by atoms with E-state index in [9.17, 15) is 20.0 Å². The zero-order chi connectivity index (χ0) is 14.3. The van der Waals surface area contributed by atoms with Crippen LogP contribution in [0.25, 0.3) is 11.0 Å². The minimum absolute atomic E-state index is 0.164. The van der Waals surface area contributed by atoms with Crippen molar-refractivity contribution in [3.8, 4) is 5.75 Å². The van der Waals surface area contributed by atoms with Crippen LogP contribution in [0.4, 0.5) is 5.69 Å². The lowest BCUT2D eigenvalue weighted by Gasteiger charge is -2.09. The van der Waals surface area contributed by atoms with Crippen molar-refractivity contribution in [1.29, 1.82) is 0 Å². The maximum absolute atomic E-state index is 11.5. The number of hydrogen-bond acceptors (Lipinski definition) is 5. The van der Waals surface area contributed by atoms with E-state index in [1.165, 1.54) is 0 Å². The predicted molar refractivity (Wildman–Crippen MR) is 69.6 cm³/mol. The molecule has 0 aliphatic heterocycles. The highest BCUT2D eigenvalue weighted by atomic mass is 16.6. The molecule has 1 heterocycles. The summed E-state index contributed by atoms with van der Waals surface area (Å²) < 4.78 is 4.95. The van der Waals surface area contributed by atoms with E-state index in [0.717, 1.165) is 5.56 Å². The lowest BCUT2D eigenvalue weighted by molar-refractivity contribution is -0.388. The minimum Gasteiger partial charge on any atom is -0.501 e. The van der Waals surface area contributed by atoms with E-state index >= 15 is 0 Å². The van der Waals surface area contributed by atoms with Crippen LogP contribution in [-0.4, -0.2) is 10.0 Å². The van der Waals surface area contributed by atoms with E-state index in [1.807, 2.05) is 19.9 Å². The van der Waals surface area contributed by atoms with Gasteiger partial charge >= 0.3 is 11.3 Å². The molecule has 100 valence electrons. The predicted octanol–water partition coefficient (Wildman–Crippen LogP) is 2.84. The third-order valence-electron chi connectivity index (χ3n) is 3.03. The van der Waals surface area contributed by atoms with Crippen LogP contribution >= 0.6 is 0 Å². The third-order valence-corrected chi connectivity index (χ3v) is 3.03. The van der Waals surface area contributed by atoms with Gasteiger partial charge in [0.2, 0.25) is 5.75 Å². The van der Waals surface area contributed by atoms with Gasteiger partial charge in [0.15, 0.2) is 0 Å². The van der Waals surface area contributed by atoms with Gasteiger partial charge in [-0.2, -0.15) is 0 Å². The summed E-state index contributed by atoms with van der Waals surface area (Å²) >= 11 is 0. The molecule has 0 unspecified atom stereocenters. The molecule has 19 heavy (non-hydrogen) atoms. The number of rotatable bonds is 2. The first kappa shape index (κ1) is 13.1. The van der Waals surface area contributed by atoms with Gasteiger partial charge in [0.05, 0.1) is 10.3 Å². The van der Waals surface area contributed by atoms with Crippen LogP contribution in [0.1, 0.15) is 30.9 Å². The average molecular weight is 263 g/mol. The van der Waals surface area contributed by atoms with Crippen LogP contribution in [-0.2, 0) is 0 Å². The summed E-state index contributed by atoms with van der Waals surface area (Å²) in [6, 6.07) is 3.44. The zero-order valence-electron chi connectivity index (χ0n) is 10.8. The molecule has 0 aliphatic rings. The number of hydrogen-bond donors (Lipinski definition) is 1. The van der Waals surface area contributed by atoms with E-state index in [1.54, 1.807) is 13.0 Å². The van der Waals surface area contributed by atoms with Gasteiger partial charge < -0.3 is 9.52 Å². The second-order valence-electron chi connectivity index (χ2n) is 4.71. The molecule has 1 N–H and O–H groups in total. The summed E-state index contributed by atoms with van der Waals surface area (Å²) in [6.45, 7) is 5.66. The van der Waals surface area contributed by atoms with E-state index in [0.29, 0.717) is 5.56 Å². The Labute approximate surface area is 108 Å². The number of aryl methyl sites for hydroxylation is 1. The van der Waals surface area contributed by atoms with Crippen molar-refractivity contribution in [2.75, 3.05) is 0 Å². The van der Waals surface area contributed by atoms with E-state index in [-0.39, 0.29) is 16.9 Å². The van der Waals surface area contributed by atoms with Crippen molar-refractivity contribution in [3.63, 3.8) is 0 Å². The highest BCUT2D eigenvalue weighted by Crippen LogP contribution is 2.35. The number of nitro groups is 1. The number of aromatic hydroxyl groups is 1. The molecule has 2 aromatic rings. The van der Waals surface area contributed by atoms with Crippen molar-refractivity contribution >= 4 is 16.7 Å². The Balaban J connectivity index is 2.93. The molecular formula is C13H13NO5. The SMILES string of the molecule is Cc1cc(C(C)C)cc2oc(=O)c([N+](=O)[O-])c(O)c12. The van der Waals surface area contributed by atoms with Gasteiger partial charge in [-0.15, -0.1) is 0 Å². The van der Waals surface area contributed by atoms with Gasteiger partial charge in [-0.3, -0.25) is 10.1 Å². The van der Waals surface area contributed by atoms with Crippen LogP contribution in [0.15, 0.2) is 21.3 Å². The Morgan fingerprint density at radius 1 is 1.37 bits per heavy atom. The Morgan fingerprint density at radius 3 is 2.53 bits per heavy atom. The number of fused-ring (bicyclic) bond motifs is 1. The summed E-state index contributed by atoms with van der Waals surface area (Å²) in [5, 5.41) is 20.9. The summed E-state index contributed by atoms with van der Waals surface area (Å²) in [5.41, 5.74) is -0.341. The molecule has 0 saturated heterocycles. The Hall–Kier alpha value is -2.37. The largest absolute Gasteiger partial charge is 0.501 e. The zero-order valence-corrected chi connectivity index (χ0v) is 10.8. The fourth-order valence-electron chi connectivity index (χ4n) is 2.02. The quantitative estimate of drug-likeness (QED) is 0.510. The van der Waals surface area contributed by atoms with Crippen molar-refractivity contribution in [2.24, 2.45) is 0 Å². The van der Waals surface area contributed by atoms with Crippen molar-refractivity contribution in [2.45, 2.75) is 26.7 Å². The molecule has 0 saturated carbocycles. The van der Waals surface area contributed by atoms with Crippen LogP contribution in [0.3, 0.4) is 0 Å². The van der Waals surface area contributed by atoms with Crippen LogP contribution < -0.4 is 5.63 Å². The maximum atomic E-state index is 11.5. The maximum Gasteiger partial charge on any atom is 0.419 e. The summed E-state index contributed by atoms with van der Waals surface area (Å²) in [6.07, 6.45) is 0. The summed E-state index contributed by atoms with van der Waals surface area (Å²) in [7, 11) is 0. The van der Waals surface area contributed by atoms with E-state index in [2.05, 4.69) is 0 Å². The first-order chi connectivity index (χ1) is 8.82. The number of nitrogens with zero attached hydrogens (tertiary/aromatic N) is 1. The monoisotopic (exact) mass is 263 g/mol. The van der Waals surface area contributed by atoms with Gasteiger partial charge in [-0.25, -0.2) is 4.79 Å². The molecule has 0 radical (unpaired) electrons. The second-order valence-corrected chi connectivity index (χ2v) is 4.71. The molecule has 0 bridgehead atoms. The van der Waals surface area contributed by atoms with Gasteiger partial charge in [0, 0.05) is 0 Å². The molecule has 0 amide bonds. The Kier molecular flexibility index (Phi) is 3.01. The Bertz CT molecular complexity index is 730. The first-order valence-electron chi connectivity index (χ1n) is 5.77. The molecule has 6 heteroatoms. The Morgan fingerprint density at radius 2 is 2.00 bits per heavy atom. The van der Waals surface area contributed by atoms with Crippen LogP contribution in [0, 0.1) is 17.0 Å². The molecule has 0 spiro atoms. The van der Waals surface area contributed by atoms with Crippen molar-refractivity contribution in [3.05, 3.63) is 43.8 Å². The summed E-state index contributed by atoms with van der Waals surface area (Å²) in [4.78, 5) is 21.3. The highest BCUT2D eigenvalue weighted by molar-refractivity contribution is 5.90. The van der Waals surface area contributed by atoms with Crippen molar-refractivity contribution in [1.82, 2.24) is 0 Å². The topological polar surface area (TPSA) is 93.6 Å². The number of benzene rings is 1. The molecule has 6 nitrogen and oxygen atoms in total.